The Hall–Kier alpha value is 0.566. The van der Waals surface area contributed by atoms with Crippen LogP contribution in [-0.2, 0) is 6.42 Å². The maximum absolute atomic E-state index is 2.23. The van der Waals surface area contributed by atoms with Gasteiger partial charge in [0.1, 0.15) is 0 Å². The van der Waals surface area contributed by atoms with Gasteiger partial charge in [0.05, 0.1) is 0 Å². The summed E-state index contributed by atoms with van der Waals surface area (Å²) in [6, 6.07) is 8.83. The van der Waals surface area contributed by atoms with Gasteiger partial charge in [-0.05, 0) is 25.3 Å². The monoisotopic (exact) mass is 242 g/mol. The molecule has 0 amide bonds. The largest absolute Gasteiger partial charge is 2.00 e. The van der Waals surface area contributed by atoms with E-state index in [1.54, 1.807) is 0 Å². The quantitative estimate of drug-likeness (QED) is 0.496. The van der Waals surface area contributed by atoms with Gasteiger partial charge in [-0.25, -0.2) is 0 Å². The van der Waals surface area contributed by atoms with Crippen LogP contribution < -0.4 is 24.8 Å². The van der Waals surface area contributed by atoms with Crippen LogP contribution in [0.2, 0.25) is 0 Å². The van der Waals surface area contributed by atoms with E-state index in [1.165, 1.54) is 30.4 Å². The summed E-state index contributed by atoms with van der Waals surface area (Å²) in [6.07, 6.45) is 3.83. The predicted octanol–water partition coefficient (Wildman–Crippen LogP) is -3.04. The zero-order chi connectivity index (χ0) is 8.10. The first-order chi connectivity index (χ1) is 5.33. The topological polar surface area (TPSA) is 0 Å². The molecular formula is C11H16Cl2Mg. The number of hydrogen-bond donors (Lipinski definition) is 0. The van der Waals surface area contributed by atoms with Gasteiger partial charge >= 0.3 is 23.1 Å². The van der Waals surface area contributed by atoms with Crippen molar-refractivity contribution in [3.63, 3.8) is 0 Å². The molecule has 0 atom stereocenters. The molecule has 0 nitrogen and oxygen atoms in total. The van der Waals surface area contributed by atoms with Gasteiger partial charge in [0.25, 0.3) is 0 Å². The van der Waals surface area contributed by atoms with Gasteiger partial charge in [0.15, 0.2) is 0 Å². The van der Waals surface area contributed by atoms with E-state index in [-0.39, 0.29) is 47.9 Å². The summed E-state index contributed by atoms with van der Waals surface area (Å²) < 4.78 is 0. The Balaban J connectivity index is -0.000000403. The number of halogens is 2. The molecule has 0 saturated carbocycles. The fourth-order valence-electron chi connectivity index (χ4n) is 1.14. The predicted molar refractivity (Wildman–Crippen MR) is 55.5 cm³/mol. The van der Waals surface area contributed by atoms with Crippen molar-refractivity contribution in [1.29, 1.82) is 0 Å². The number of rotatable bonds is 3. The van der Waals surface area contributed by atoms with Crippen LogP contribution >= 0.6 is 0 Å². The molecule has 0 aliphatic carbocycles. The molecule has 0 heterocycles. The Morgan fingerprint density at radius 1 is 1.00 bits per heavy atom. The molecule has 14 heavy (non-hydrogen) atoms. The van der Waals surface area contributed by atoms with Crippen molar-refractivity contribution in [2.75, 3.05) is 0 Å². The van der Waals surface area contributed by atoms with Crippen molar-refractivity contribution < 1.29 is 24.8 Å². The van der Waals surface area contributed by atoms with Crippen molar-refractivity contribution in [2.45, 2.75) is 33.1 Å². The van der Waals surface area contributed by atoms with Crippen LogP contribution in [0.4, 0.5) is 0 Å². The van der Waals surface area contributed by atoms with Crippen LogP contribution in [-0.4, -0.2) is 23.1 Å². The van der Waals surface area contributed by atoms with Gasteiger partial charge < -0.3 is 24.8 Å². The Labute approximate surface area is 116 Å². The van der Waals surface area contributed by atoms with Crippen LogP contribution in [0.25, 0.3) is 0 Å². The average molecular weight is 243 g/mol. The Morgan fingerprint density at radius 2 is 1.50 bits per heavy atom. The third kappa shape index (κ3) is 7.92. The fourth-order valence-corrected chi connectivity index (χ4v) is 1.14. The second kappa shape index (κ2) is 11.6. The second-order valence-corrected chi connectivity index (χ2v) is 3.09. The maximum atomic E-state index is 2.23. The summed E-state index contributed by atoms with van der Waals surface area (Å²) in [4.78, 5) is 0. The van der Waals surface area contributed by atoms with Crippen molar-refractivity contribution in [3.8, 4) is 0 Å². The van der Waals surface area contributed by atoms with Gasteiger partial charge in [-0.15, -0.1) is 0 Å². The van der Waals surface area contributed by atoms with Gasteiger partial charge in [-0.3, -0.25) is 0 Å². The Bertz CT molecular complexity index is 209. The third-order valence-corrected chi connectivity index (χ3v) is 1.94. The van der Waals surface area contributed by atoms with E-state index in [0.29, 0.717) is 0 Å². The molecule has 1 aromatic rings. The minimum Gasteiger partial charge on any atom is -1.00 e. The van der Waals surface area contributed by atoms with Crippen molar-refractivity contribution in [3.05, 3.63) is 35.4 Å². The van der Waals surface area contributed by atoms with E-state index in [9.17, 15) is 0 Å². The number of aryl methyl sites for hydroxylation is 2. The summed E-state index contributed by atoms with van der Waals surface area (Å²) in [5, 5.41) is 0. The van der Waals surface area contributed by atoms with E-state index in [4.69, 9.17) is 0 Å². The van der Waals surface area contributed by atoms with E-state index in [0.717, 1.165) is 0 Å². The van der Waals surface area contributed by atoms with E-state index < -0.39 is 0 Å². The van der Waals surface area contributed by atoms with Gasteiger partial charge in [-0.1, -0.05) is 43.2 Å². The van der Waals surface area contributed by atoms with Crippen LogP contribution in [0.5, 0.6) is 0 Å². The standard InChI is InChI=1S/C11H16.2ClH.Mg/c1-3-4-5-11-8-6-10(2)7-9-11;;;/h6-9H,3-5H2,1-2H3;2*1H;/q;;;+2/p-2. The molecule has 1 aromatic carbocycles. The summed E-state index contributed by atoms with van der Waals surface area (Å²) >= 11 is 0. The molecule has 0 unspecified atom stereocenters. The van der Waals surface area contributed by atoms with Gasteiger partial charge in [-0.2, -0.15) is 0 Å². The number of hydrogen-bond acceptors (Lipinski definition) is 0. The van der Waals surface area contributed by atoms with Gasteiger partial charge in [0.2, 0.25) is 0 Å². The average Bonchev–Trinajstić information content (AvgIpc) is 2.04. The first-order valence-electron chi connectivity index (χ1n) is 4.38. The van der Waals surface area contributed by atoms with Crippen LogP contribution in [0.1, 0.15) is 30.9 Å². The SMILES string of the molecule is CCCCc1ccc(C)cc1.[Cl-].[Cl-].[Mg+2]. The molecule has 0 spiro atoms. The van der Waals surface area contributed by atoms with Crippen molar-refractivity contribution in [2.24, 2.45) is 0 Å². The van der Waals surface area contributed by atoms with Crippen molar-refractivity contribution >= 4 is 23.1 Å². The van der Waals surface area contributed by atoms with Crippen LogP contribution in [0, 0.1) is 6.92 Å². The molecule has 76 valence electrons. The molecule has 0 aromatic heterocycles. The van der Waals surface area contributed by atoms with E-state index in [2.05, 4.69) is 38.1 Å². The fraction of sp³-hybridized carbons (Fsp3) is 0.455. The molecule has 0 bridgehead atoms. The molecule has 0 fully saturated rings. The normalized spacial score (nSPS) is 7.86. The molecule has 0 aliphatic heterocycles. The molecule has 0 aliphatic rings. The summed E-state index contributed by atoms with van der Waals surface area (Å²) in [6.45, 7) is 4.36. The van der Waals surface area contributed by atoms with Crippen LogP contribution in [0.3, 0.4) is 0 Å². The second-order valence-electron chi connectivity index (χ2n) is 3.09. The first-order valence-corrected chi connectivity index (χ1v) is 4.38. The number of unbranched alkanes of at least 4 members (excludes halogenated alkanes) is 1. The Morgan fingerprint density at radius 3 is 1.93 bits per heavy atom. The zero-order valence-electron chi connectivity index (χ0n) is 8.89. The summed E-state index contributed by atoms with van der Waals surface area (Å²) in [7, 11) is 0. The number of benzene rings is 1. The maximum Gasteiger partial charge on any atom is 2.00 e. The first kappa shape index (κ1) is 20.0. The minimum absolute atomic E-state index is 0. The molecule has 3 heteroatoms. The Kier molecular flexibility index (Phi) is 16.7. The molecule has 0 N–H and O–H groups in total. The van der Waals surface area contributed by atoms with Crippen molar-refractivity contribution in [1.82, 2.24) is 0 Å². The summed E-state index contributed by atoms with van der Waals surface area (Å²) in [5.41, 5.74) is 2.82. The van der Waals surface area contributed by atoms with E-state index >= 15 is 0 Å². The van der Waals surface area contributed by atoms with Gasteiger partial charge in [0, 0.05) is 0 Å². The van der Waals surface area contributed by atoms with Crippen LogP contribution in [0.15, 0.2) is 24.3 Å². The molecule has 0 radical (unpaired) electrons. The minimum atomic E-state index is 0. The summed E-state index contributed by atoms with van der Waals surface area (Å²) in [5.74, 6) is 0. The van der Waals surface area contributed by atoms with E-state index in [1.807, 2.05) is 0 Å². The third-order valence-electron chi connectivity index (χ3n) is 1.94. The molecule has 0 saturated heterocycles. The molecular weight excluding hydrogens is 227 g/mol. The zero-order valence-corrected chi connectivity index (χ0v) is 11.8. The smallest absolute Gasteiger partial charge is 1.00 e. The molecule has 1 rings (SSSR count).